The lowest BCUT2D eigenvalue weighted by atomic mass is 10.4. The van der Waals surface area contributed by atoms with Crippen molar-refractivity contribution < 1.29 is 18.9 Å². The van der Waals surface area contributed by atoms with E-state index < -0.39 is 0 Å². The maximum atomic E-state index is 5.49. The molecule has 0 amide bonds. The minimum Gasteiger partial charge on any atom is -0.379 e. The van der Waals surface area contributed by atoms with Crippen molar-refractivity contribution >= 4 is 11.8 Å². The lowest BCUT2D eigenvalue weighted by molar-refractivity contribution is -0.000480. The molecule has 21 heavy (non-hydrogen) atoms. The van der Waals surface area contributed by atoms with Crippen LogP contribution in [0.5, 0.6) is 0 Å². The van der Waals surface area contributed by atoms with E-state index in [1.807, 2.05) is 11.8 Å². The van der Waals surface area contributed by atoms with Crippen LogP contribution in [0, 0.1) is 0 Å². The Bertz CT molecular complexity index is 164. The van der Waals surface area contributed by atoms with Gasteiger partial charge >= 0.3 is 0 Å². The van der Waals surface area contributed by atoms with Crippen LogP contribution in [-0.4, -0.2) is 64.4 Å². The Morgan fingerprint density at radius 2 is 1.00 bits per heavy atom. The van der Waals surface area contributed by atoms with Crippen molar-refractivity contribution in [2.75, 3.05) is 64.4 Å². The normalized spacial score (nSPS) is 11.1. The van der Waals surface area contributed by atoms with Gasteiger partial charge in [0.1, 0.15) is 0 Å². The smallest absolute Gasteiger partial charge is 0.0701 e. The fourth-order valence-corrected chi connectivity index (χ4v) is 2.41. The first-order valence-corrected chi connectivity index (χ1v) is 9.46. The van der Waals surface area contributed by atoms with Crippen molar-refractivity contribution in [1.29, 1.82) is 0 Å². The highest BCUT2D eigenvalue weighted by Gasteiger charge is 1.93. The third-order valence-corrected chi connectivity index (χ3v) is 3.81. The van der Waals surface area contributed by atoms with E-state index in [0.29, 0.717) is 39.6 Å². The zero-order valence-electron chi connectivity index (χ0n) is 13.9. The van der Waals surface area contributed by atoms with Crippen LogP contribution in [0.1, 0.15) is 39.5 Å². The van der Waals surface area contributed by atoms with Gasteiger partial charge in [-0.15, -0.1) is 0 Å². The summed E-state index contributed by atoms with van der Waals surface area (Å²) in [7, 11) is 0. The highest BCUT2D eigenvalue weighted by molar-refractivity contribution is 7.99. The van der Waals surface area contributed by atoms with Crippen LogP contribution in [0.25, 0.3) is 0 Å². The van der Waals surface area contributed by atoms with Gasteiger partial charge in [-0.1, -0.05) is 26.7 Å². The van der Waals surface area contributed by atoms with Gasteiger partial charge in [0, 0.05) is 12.4 Å². The SMILES string of the molecule is CCCCOCCOCCOCCOCCSCCCC. The molecule has 0 radical (unpaired) electrons. The molecule has 0 aromatic heterocycles. The molecule has 0 rings (SSSR count). The monoisotopic (exact) mass is 322 g/mol. The second kappa shape index (κ2) is 20.2. The van der Waals surface area contributed by atoms with Crippen molar-refractivity contribution in [1.82, 2.24) is 0 Å². The number of hydrogen-bond acceptors (Lipinski definition) is 5. The van der Waals surface area contributed by atoms with Gasteiger partial charge < -0.3 is 18.9 Å². The molecule has 0 fully saturated rings. The van der Waals surface area contributed by atoms with Crippen LogP contribution in [0.2, 0.25) is 0 Å². The van der Waals surface area contributed by atoms with Gasteiger partial charge in [-0.25, -0.2) is 0 Å². The fourth-order valence-electron chi connectivity index (χ4n) is 1.47. The summed E-state index contributed by atoms with van der Waals surface area (Å²) in [6.45, 7) is 9.95. The van der Waals surface area contributed by atoms with Gasteiger partial charge in [0.25, 0.3) is 0 Å². The first-order chi connectivity index (χ1) is 10.4. The Hall–Kier alpha value is 0.190. The Morgan fingerprint density at radius 3 is 1.52 bits per heavy atom. The first-order valence-electron chi connectivity index (χ1n) is 8.30. The summed E-state index contributed by atoms with van der Waals surface area (Å²) in [5.74, 6) is 2.33. The van der Waals surface area contributed by atoms with E-state index in [9.17, 15) is 0 Å². The molecule has 5 heteroatoms. The number of ether oxygens (including phenoxy) is 4. The molecule has 0 aliphatic heterocycles. The molecule has 0 saturated heterocycles. The van der Waals surface area contributed by atoms with Crippen LogP contribution >= 0.6 is 11.8 Å². The molecule has 0 aliphatic rings. The first kappa shape index (κ1) is 21.2. The maximum absolute atomic E-state index is 5.49. The molecule has 0 atom stereocenters. The summed E-state index contributed by atoms with van der Waals surface area (Å²) in [4.78, 5) is 0. The van der Waals surface area contributed by atoms with E-state index in [4.69, 9.17) is 18.9 Å². The maximum Gasteiger partial charge on any atom is 0.0701 e. The third kappa shape index (κ3) is 20.2. The average Bonchev–Trinajstić information content (AvgIpc) is 2.50. The molecule has 0 aromatic carbocycles. The topological polar surface area (TPSA) is 36.9 Å². The van der Waals surface area contributed by atoms with Crippen LogP contribution < -0.4 is 0 Å². The summed E-state index contributed by atoms with van der Waals surface area (Å²) in [5.41, 5.74) is 0. The van der Waals surface area contributed by atoms with Crippen molar-refractivity contribution in [3.63, 3.8) is 0 Å². The zero-order valence-corrected chi connectivity index (χ0v) is 14.8. The van der Waals surface area contributed by atoms with Gasteiger partial charge in [0.15, 0.2) is 0 Å². The minimum atomic E-state index is 0.629. The fraction of sp³-hybridized carbons (Fsp3) is 1.00. The molecule has 0 bridgehead atoms. The third-order valence-electron chi connectivity index (χ3n) is 2.77. The Kier molecular flexibility index (Phi) is 20.4. The molecule has 0 unspecified atom stereocenters. The van der Waals surface area contributed by atoms with E-state index in [0.717, 1.165) is 25.4 Å². The van der Waals surface area contributed by atoms with Crippen LogP contribution in [-0.2, 0) is 18.9 Å². The van der Waals surface area contributed by atoms with Crippen molar-refractivity contribution in [3.8, 4) is 0 Å². The van der Waals surface area contributed by atoms with Crippen molar-refractivity contribution in [2.24, 2.45) is 0 Å². The van der Waals surface area contributed by atoms with Crippen LogP contribution in [0.3, 0.4) is 0 Å². The number of rotatable bonds is 18. The molecule has 0 aromatic rings. The quantitative estimate of drug-likeness (QED) is 0.362. The Balaban J connectivity index is 2.90. The average molecular weight is 323 g/mol. The van der Waals surface area contributed by atoms with E-state index in [1.165, 1.54) is 25.0 Å². The Morgan fingerprint density at radius 1 is 0.524 bits per heavy atom. The number of hydrogen-bond donors (Lipinski definition) is 0. The predicted octanol–water partition coefficient (Wildman–Crippen LogP) is 3.39. The zero-order chi connectivity index (χ0) is 15.4. The second-order valence-corrected chi connectivity index (χ2v) is 5.99. The molecular formula is C16H34O4S. The highest BCUT2D eigenvalue weighted by Crippen LogP contribution is 2.03. The van der Waals surface area contributed by atoms with E-state index in [2.05, 4.69) is 13.8 Å². The lowest BCUT2D eigenvalue weighted by Gasteiger charge is -2.07. The summed E-state index contributed by atoms with van der Waals surface area (Å²) in [5, 5.41) is 0. The van der Waals surface area contributed by atoms with E-state index in [-0.39, 0.29) is 0 Å². The summed E-state index contributed by atoms with van der Waals surface area (Å²) >= 11 is 1.96. The summed E-state index contributed by atoms with van der Waals surface area (Å²) < 4.78 is 21.7. The minimum absolute atomic E-state index is 0.629. The lowest BCUT2D eigenvalue weighted by Crippen LogP contribution is -2.12. The molecule has 0 aliphatic carbocycles. The van der Waals surface area contributed by atoms with E-state index in [1.54, 1.807) is 0 Å². The number of unbranched alkanes of at least 4 members (excludes halogenated alkanes) is 2. The van der Waals surface area contributed by atoms with Gasteiger partial charge in [-0.3, -0.25) is 0 Å². The standard InChI is InChI=1S/C16H34O4S/c1-3-5-7-17-8-9-18-10-11-19-12-13-20-14-16-21-15-6-4-2/h3-16H2,1-2H3. The van der Waals surface area contributed by atoms with Crippen LogP contribution in [0.15, 0.2) is 0 Å². The van der Waals surface area contributed by atoms with Gasteiger partial charge in [0.05, 0.1) is 46.2 Å². The van der Waals surface area contributed by atoms with Gasteiger partial charge in [-0.2, -0.15) is 11.8 Å². The van der Waals surface area contributed by atoms with E-state index >= 15 is 0 Å². The second-order valence-electron chi connectivity index (χ2n) is 4.77. The van der Waals surface area contributed by atoms with Crippen molar-refractivity contribution in [2.45, 2.75) is 39.5 Å². The molecule has 0 heterocycles. The predicted molar refractivity (Wildman–Crippen MR) is 90.4 cm³/mol. The molecule has 0 saturated carbocycles. The molecule has 0 N–H and O–H groups in total. The molecular weight excluding hydrogens is 288 g/mol. The van der Waals surface area contributed by atoms with Gasteiger partial charge in [-0.05, 0) is 18.6 Å². The Labute approximate surface area is 135 Å². The largest absolute Gasteiger partial charge is 0.379 e. The van der Waals surface area contributed by atoms with Crippen LogP contribution in [0.4, 0.5) is 0 Å². The van der Waals surface area contributed by atoms with Gasteiger partial charge in [0.2, 0.25) is 0 Å². The number of thioether (sulfide) groups is 1. The highest BCUT2D eigenvalue weighted by atomic mass is 32.2. The van der Waals surface area contributed by atoms with Crippen molar-refractivity contribution in [3.05, 3.63) is 0 Å². The molecule has 128 valence electrons. The molecule has 4 nitrogen and oxygen atoms in total. The molecule has 0 spiro atoms. The summed E-state index contributed by atoms with van der Waals surface area (Å²) in [6.07, 6.45) is 4.88. The summed E-state index contributed by atoms with van der Waals surface area (Å²) in [6, 6.07) is 0.